The van der Waals surface area contributed by atoms with Crippen molar-refractivity contribution < 1.29 is 0 Å². The van der Waals surface area contributed by atoms with Gasteiger partial charge in [0.05, 0.1) is 11.4 Å². The SMILES string of the molecule is S=CC1N=C2CCNCC=C2N1. The minimum Gasteiger partial charge on any atom is -0.359 e. The molecule has 3 nitrogen and oxygen atoms in total. The lowest BCUT2D eigenvalue weighted by molar-refractivity contribution is 0.765. The third kappa shape index (κ3) is 1.40. The Hall–Kier alpha value is -0.740. The van der Waals surface area contributed by atoms with Crippen molar-refractivity contribution in [1.29, 1.82) is 0 Å². The highest BCUT2D eigenvalue weighted by atomic mass is 32.1. The summed E-state index contributed by atoms with van der Waals surface area (Å²) in [6, 6.07) is 0. The van der Waals surface area contributed by atoms with Gasteiger partial charge in [0.2, 0.25) is 0 Å². The summed E-state index contributed by atoms with van der Waals surface area (Å²) >= 11 is 4.83. The van der Waals surface area contributed by atoms with E-state index in [1.54, 1.807) is 5.37 Å². The largest absolute Gasteiger partial charge is 0.359 e. The molecule has 0 amide bonds. The predicted molar refractivity (Wildman–Crippen MR) is 53.6 cm³/mol. The van der Waals surface area contributed by atoms with Crippen molar-refractivity contribution in [2.45, 2.75) is 12.6 Å². The molecule has 0 aromatic rings. The topological polar surface area (TPSA) is 36.4 Å². The minimum atomic E-state index is 0.0272. The lowest BCUT2D eigenvalue weighted by atomic mass is 10.2. The van der Waals surface area contributed by atoms with E-state index in [0.29, 0.717) is 0 Å². The summed E-state index contributed by atoms with van der Waals surface area (Å²) in [4.78, 5) is 4.43. The molecule has 12 heavy (non-hydrogen) atoms. The molecule has 1 unspecified atom stereocenters. The van der Waals surface area contributed by atoms with Gasteiger partial charge in [0.1, 0.15) is 6.17 Å². The van der Waals surface area contributed by atoms with Gasteiger partial charge < -0.3 is 10.6 Å². The molecule has 64 valence electrons. The first-order valence-corrected chi connectivity index (χ1v) is 4.57. The minimum absolute atomic E-state index is 0.0272. The highest BCUT2D eigenvalue weighted by molar-refractivity contribution is 7.79. The Kier molecular flexibility index (Phi) is 2.19. The summed E-state index contributed by atoms with van der Waals surface area (Å²) in [7, 11) is 0. The van der Waals surface area contributed by atoms with Crippen LogP contribution in [0.3, 0.4) is 0 Å². The lowest BCUT2D eigenvalue weighted by Gasteiger charge is -2.01. The molecule has 0 saturated heterocycles. The smallest absolute Gasteiger partial charge is 0.148 e. The molecule has 1 atom stereocenters. The molecule has 2 aliphatic rings. The van der Waals surface area contributed by atoms with Gasteiger partial charge in [-0.1, -0.05) is 12.2 Å². The van der Waals surface area contributed by atoms with Crippen LogP contribution in [0, 0.1) is 0 Å². The Balaban J connectivity index is 2.20. The van der Waals surface area contributed by atoms with E-state index >= 15 is 0 Å². The Bertz CT molecular complexity index is 257. The van der Waals surface area contributed by atoms with Gasteiger partial charge in [0.15, 0.2) is 0 Å². The van der Waals surface area contributed by atoms with Crippen LogP contribution in [-0.4, -0.2) is 30.3 Å². The van der Waals surface area contributed by atoms with Crippen LogP contribution in [0.1, 0.15) is 6.42 Å². The van der Waals surface area contributed by atoms with Crippen molar-refractivity contribution in [2.75, 3.05) is 13.1 Å². The first kappa shape index (κ1) is 7.89. The van der Waals surface area contributed by atoms with Crippen molar-refractivity contribution >= 4 is 23.3 Å². The Labute approximate surface area is 76.9 Å². The Morgan fingerprint density at radius 3 is 3.42 bits per heavy atom. The molecule has 0 aromatic heterocycles. The number of nitrogens with zero attached hydrogens (tertiary/aromatic N) is 1. The van der Waals surface area contributed by atoms with Crippen LogP contribution in [0.25, 0.3) is 0 Å². The van der Waals surface area contributed by atoms with E-state index in [-0.39, 0.29) is 6.17 Å². The van der Waals surface area contributed by atoms with E-state index in [0.717, 1.165) is 30.9 Å². The highest BCUT2D eigenvalue weighted by Gasteiger charge is 2.19. The first-order chi connectivity index (χ1) is 5.90. The van der Waals surface area contributed by atoms with Gasteiger partial charge in [0, 0.05) is 24.9 Å². The summed E-state index contributed by atoms with van der Waals surface area (Å²) in [5.41, 5.74) is 2.32. The number of hydrogen-bond donors (Lipinski definition) is 2. The molecule has 0 saturated carbocycles. The van der Waals surface area contributed by atoms with Crippen LogP contribution in [0.2, 0.25) is 0 Å². The number of hydrogen-bond acceptors (Lipinski definition) is 4. The first-order valence-electron chi connectivity index (χ1n) is 4.10. The van der Waals surface area contributed by atoms with E-state index in [1.807, 2.05) is 0 Å². The second-order valence-electron chi connectivity index (χ2n) is 2.87. The van der Waals surface area contributed by atoms with Crippen molar-refractivity contribution in [3.8, 4) is 0 Å². The molecule has 2 aliphatic heterocycles. The molecular weight excluding hydrogens is 170 g/mol. The average Bonchev–Trinajstić information content (AvgIpc) is 2.37. The third-order valence-corrected chi connectivity index (χ3v) is 2.29. The van der Waals surface area contributed by atoms with E-state index < -0.39 is 0 Å². The zero-order valence-corrected chi connectivity index (χ0v) is 7.53. The van der Waals surface area contributed by atoms with Gasteiger partial charge in [-0.15, -0.1) is 0 Å². The quantitative estimate of drug-likeness (QED) is 0.569. The van der Waals surface area contributed by atoms with Crippen molar-refractivity contribution in [3.63, 3.8) is 0 Å². The normalized spacial score (nSPS) is 27.8. The third-order valence-electron chi connectivity index (χ3n) is 2.03. The molecule has 0 aromatic carbocycles. The van der Waals surface area contributed by atoms with Crippen molar-refractivity contribution in [1.82, 2.24) is 10.6 Å². The maximum absolute atomic E-state index is 4.83. The molecule has 2 heterocycles. The zero-order valence-electron chi connectivity index (χ0n) is 6.71. The van der Waals surface area contributed by atoms with Gasteiger partial charge >= 0.3 is 0 Å². The molecule has 0 spiro atoms. The number of rotatable bonds is 1. The number of thiocarbonyl (C=S) groups is 1. The zero-order chi connectivity index (χ0) is 8.39. The fraction of sp³-hybridized carbons (Fsp3) is 0.500. The molecule has 4 heteroatoms. The fourth-order valence-electron chi connectivity index (χ4n) is 1.44. The van der Waals surface area contributed by atoms with Crippen LogP contribution < -0.4 is 10.6 Å². The maximum atomic E-state index is 4.83. The van der Waals surface area contributed by atoms with Crippen LogP contribution in [-0.2, 0) is 0 Å². The standard InChI is InChI=1S/C8H11N3S/c12-5-8-10-6-1-3-9-4-2-7(6)11-8/h1,5,8-10H,2-4H2. The van der Waals surface area contributed by atoms with Crippen LogP contribution in [0.5, 0.6) is 0 Å². The van der Waals surface area contributed by atoms with E-state index in [1.165, 1.54) is 0 Å². The second kappa shape index (κ2) is 3.33. The summed E-state index contributed by atoms with van der Waals surface area (Å²) in [5, 5.41) is 8.18. The van der Waals surface area contributed by atoms with Crippen LogP contribution in [0.15, 0.2) is 16.8 Å². The van der Waals surface area contributed by atoms with Crippen LogP contribution >= 0.6 is 12.2 Å². The van der Waals surface area contributed by atoms with Gasteiger partial charge in [-0.3, -0.25) is 4.99 Å². The fourth-order valence-corrected chi connectivity index (χ4v) is 1.56. The summed E-state index contributed by atoms with van der Waals surface area (Å²) < 4.78 is 0. The predicted octanol–water partition coefficient (Wildman–Crippen LogP) is 0.234. The maximum Gasteiger partial charge on any atom is 0.148 e. The van der Waals surface area contributed by atoms with E-state index in [2.05, 4.69) is 21.7 Å². The highest BCUT2D eigenvalue weighted by Crippen LogP contribution is 2.10. The van der Waals surface area contributed by atoms with Gasteiger partial charge in [-0.2, -0.15) is 0 Å². The molecule has 0 bridgehead atoms. The monoisotopic (exact) mass is 181 g/mol. The average molecular weight is 181 g/mol. The molecular formula is C8H11N3S. The van der Waals surface area contributed by atoms with E-state index in [4.69, 9.17) is 12.2 Å². The Morgan fingerprint density at radius 1 is 1.67 bits per heavy atom. The summed E-state index contributed by atoms with van der Waals surface area (Å²) in [6.07, 6.45) is 3.16. The molecule has 0 fully saturated rings. The second-order valence-corrected chi connectivity index (χ2v) is 3.15. The lowest BCUT2D eigenvalue weighted by Crippen LogP contribution is -2.22. The number of fused-ring (bicyclic) bond motifs is 1. The Morgan fingerprint density at radius 2 is 2.58 bits per heavy atom. The van der Waals surface area contributed by atoms with Gasteiger partial charge in [-0.25, -0.2) is 0 Å². The van der Waals surface area contributed by atoms with Crippen molar-refractivity contribution in [2.24, 2.45) is 4.99 Å². The van der Waals surface area contributed by atoms with Crippen LogP contribution in [0.4, 0.5) is 0 Å². The molecule has 2 N–H and O–H groups in total. The van der Waals surface area contributed by atoms with Gasteiger partial charge in [0.25, 0.3) is 0 Å². The van der Waals surface area contributed by atoms with E-state index in [9.17, 15) is 0 Å². The van der Waals surface area contributed by atoms with Crippen molar-refractivity contribution in [3.05, 3.63) is 11.8 Å². The summed E-state index contributed by atoms with van der Waals surface area (Å²) in [6.45, 7) is 1.93. The summed E-state index contributed by atoms with van der Waals surface area (Å²) in [5.74, 6) is 0. The molecule has 0 aliphatic carbocycles. The molecule has 0 radical (unpaired) electrons. The van der Waals surface area contributed by atoms with Gasteiger partial charge in [-0.05, 0) is 6.08 Å². The number of nitrogens with one attached hydrogen (secondary N) is 2. The number of aliphatic imine (C=N–C) groups is 1. The molecule has 2 rings (SSSR count). The number of allylic oxidation sites excluding steroid dienone is 1.